The van der Waals surface area contributed by atoms with Crippen molar-refractivity contribution in [3.8, 4) is 0 Å². The van der Waals surface area contributed by atoms with Crippen molar-refractivity contribution in [1.82, 2.24) is 4.98 Å². The first-order valence-electron chi connectivity index (χ1n) is 8.59. The first-order chi connectivity index (χ1) is 12.7. The minimum absolute atomic E-state index is 0.301. The Balaban J connectivity index is 1.60. The van der Waals surface area contributed by atoms with Gasteiger partial charge < -0.3 is 10.2 Å². The van der Waals surface area contributed by atoms with Crippen molar-refractivity contribution in [3.05, 3.63) is 83.9 Å². The molecule has 0 saturated carbocycles. The minimum atomic E-state index is -0.394. The van der Waals surface area contributed by atoms with E-state index in [4.69, 9.17) is 0 Å². The number of fused-ring (bicyclic) bond motifs is 1. The molecule has 0 aliphatic carbocycles. The normalized spacial score (nSPS) is 13.2. The number of pyridine rings is 1. The van der Waals surface area contributed by atoms with E-state index >= 15 is 0 Å². The molecule has 0 bridgehead atoms. The van der Waals surface area contributed by atoms with Crippen LogP contribution in [0.5, 0.6) is 0 Å². The summed E-state index contributed by atoms with van der Waals surface area (Å²) >= 11 is 0. The smallest absolute Gasteiger partial charge is 0.274 e. The lowest BCUT2D eigenvalue weighted by atomic mass is 10.0. The zero-order valence-electron chi connectivity index (χ0n) is 14.2. The number of aryl methyl sites for hydroxylation is 1. The lowest BCUT2D eigenvalue weighted by molar-refractivity contribution is 0.102. The van der Waals surface area contributed by atoms with Gasteiger partial charge in [0, 0.05) is 29.8 Å². The van der Waals surface area contributed by atoms with Gasteiger partial charge in [0.2, 0.25) is 0 Å². The number of halogens is 1. The predicted octanol–water partition coefficient (Wildman–Crippen LogP) is 4.56. The second-order valence-corrected chi connectivity index (χ2v) is 6.25. The van der Waals surface area contributed by atoms with Gasteiger partial charge >= 0.3 is 0 Å². The molecule has 26 heavy (non-hydrogen) atoms. The first kappa shape index (κ1) is 16.3. The molecule has 1 aromatic heterocycles. The Morgan fingerprint density at radius 3 is 2.85 bits per heavy atom. The highest BCUT2D eigenvalue weighted by atomic mass is 19.1. The quantitative estimate of drug-likeness (QED) is 0.755. The molecule has 0 unspecified atom stereocenters. The highest BCUT2D eigenvalue weighted by Gasteiger charge is 2.19. The second-order valence-electron chi connectivity index (χ2n) is 6.25. The van der Waals surface area contributed by atoms with Crippen LogP contribution >= 0.6 is 0 Å². The van der Waals surface area contributed by atoms with Crippen LogP contribution in [0.3, 0.4) is 0 Å². The molecule has 1 N–H and O–H groups in total. The van der Waals surface area contributed by atoms with Crippen LogP contribution in [0.15, 0.2) is 66.9 Å². The van der Waals surface area contributed by atoms with Gasteiger partial charge in [0.25, 0.3) is 5.91 Å². The molecule has 3 aromatic rings. The molecule has 0 spiro atoms. The van der Waals surface area contributed by atoms with Gasteiger partial charge in [0.15, 0.2) is 0 Å². The summed E-state index contributed by atoms with van der Waals surface area (Å²) in [7, 11) is 0. The zero-order valence-corrected chi connectivity index (χ0v) is 14.2. The third-order valence-electron chi connectivity index (χ3n) is 4.48. The maximum absolute atomic E-state index is 13.3. The van der Waals surface area contributed by atoms with Crippen molar-refractivity contribution in [2.75, 3.05) is 16.8 Å². The maximum Gasteiger partial charge on any atom is 0.274 e. The SMILES string of the molecule is O=C(Nc1cccc(F)c1)c1cc(N2CCCc3ccccc32)ccn1. The molecule has 0 saturated heterocycles. The molecular formula is C21H18FN3O. The van der Waals surface area contributed by atoms with E-state index in [-0.39, 0.29) is 5.91 Å². The third-order valence-corrected chi connectivity index (χ3v) is 4.48. The number of nitrogens with one attached hydrogen (secondary N) is 1. The van der Waals surface area contributed by atoms with E-state index in [1.165, 1.54) is 23.4 Å². The highest BCUT2D eigenvalue weighted by molar-refractivity contribution is 6.03. The Morgan fingerprint density at radius 1 is 1.08 bits per heavy atom. The average molecular weight is 347 g/mol. The molecule has 2 aromatic carbocycles. The standard InChI is InChI=1S/C21H18FN3O/c22-16-7-3-8-17(13-16)24-21(26)19-14-18(10-11-23-19)25-12-4-6-15-5-1-2-9-20(15)25/h1-3,5,7-11,13-14H,4,6,12H2,(H,24,26). The van der Waals surface area contributed by atoms with Gasteiger partial charge in [-0.15, -0.1) is 0 Å². The van der Waals surface area contributed by atoms with Crippen LogP contribution in [0.2, 0.25) is 0 Å². The Morgan fingerprint density at radius 2 is 1.96 bits per heavy atom. The van der Waals surface area contributed by atoms with E-state index in [0.29, 0.717) is 11.4 Å². The van der Waals surface area contributed by atoms with Crippen LogP contribution in [0.1, 0.15) is 22.5 Å². The van der Waals surface area contributed by atoms with E-state index in [1.54, 1.807) is 24.4 Å². The number of nitrogens with zero attached hydrogens (tertiary/aromatic N) is 2. The molecule has 1 aliphatic rings. The monoisotopic (exact) mass is 347 g/mol. The fourth-order valence-corrected chi connectivity index (χ4v) is 3.27. The summed E-state index contributed by atoms with van der Waals surface area (Å²) in [5.41, 5.74) is 4.11. The number of carbonyl (C=O) groups excluding carboxylic acids is 1. The minimum Gasteiger partial charge on any atom is -0.341 e. The van der Waals surface area contributed by atoms with Crippen molar-refractivity contribution >= 4 is 23.0 Å². The van der Waals surface area contributed by atoms with Crippen LogP contribution in [-0.2, 0) is 6.42 Å². The van der Waals surface area contributed by atoms with Gasteiger partial charge in [0.1, 0.15) is 11.5 Å². The summed E-state index contributed by atoms with van der Waals surface area (Å²) in [6, 6.07) is 17.8. The van der Waals surface area contributed by atoms with E-state index in [9.17, 15) is 9.18 Å². The van der Waals surface area contributed by atoms with Crippen LogP contribution < -0.4 is 10.2 Å². The number of aromatic nitrogens is 1. The highest BCUT2D eigenvalue weighted by Crippen LogP contribution is 2.33. The number of amides is 1. The Kier molecular flexibility index (Phi) is 4.35. The zero-order chi connectivity index (χ0) is 17.9. The van der Waals surface area contributed by atoms with Crippen LogP contribution in [0, 0.1) is 5.82 Å². The van der Waals surface area contributed by atoms with Gasteiger partial charge in [-0.2, -0.15) is 0 Å². The van der Waals surface area contributed by atoms with Crippen molar-refractivity contribution in [2.45, 2.75) is 12.8 Å². The molecule has 5 heteroatoms. The van der Waals surface area contributed by atoms with E-state index in [1.807, 2.05) is 18.2 Å². The molecule has 130 valence electrons. The van der Waals surface area contributed by atoms with Crippen molar-refractivity contribution in [2.24, 2.45) is 0 Å². The molecule has 1 amide bonds. The Hall–Kier alpha value is -3.21. The summed E-state index contributed by atoms with van der Waals surface area (Å²) in [5, 5.41) is 2.69. The maximum atomic E-state index is 13.3. The number of rotatable bonds is 3. The van der Waals surface area contributed by atoms with Gasteiger partial charge in [-0.1, -0.05) is 24.3 Å². The summed E-state index contributed by atoms with van der Waals surface area (Å²) in [4.78, 5) is 18.9. The molecule has 4 rings (SSSR count). The summed E-state index contributed by atoms with van der Waals surface area (Å²) < 4.78 is 13.3. The number of hydrogen-bond donors (Lipinski definition) is 1. The van der Waals surface area contributed by atoms with Crippen molar-refractivity contribution in [1.29, 1.82) is 0 Å². The van der Waals surface area contributed by atoms with Crippen LogP contribution in [-0.4, -0.2) is 17.4 Å². The lowest BCUT2D eigenvalue weighted by Crippen LogP contribution is -2.25. The van der Waals surface area contributed by atoms with Gasteiger partial charge in [-0.3, -0.25) is 9.78 Å². The van der Waals surface area contributed by atoms with E-state index in [0.717, 1.165) is 25.1 Å². The fraction of sp³-hybridized carbons (Fsp3) is 0.143. The van der Waals surface area contributed by atoms with Crippen LogP contribution in [0.25, 0.3) is 0 Å². The molecule has 0 fully saturated rings. The van der Waals surface area contributed by atoms with Crippen LogP contribution in [0.4, 0.5) is 21.5 Å². The number of para-hydroxylation sites is 1. The van der Waals surface area contributed by atoms with E-state index < -0.39 is 5.82 Å². The first-order valence-corrected chi connectivity index (χ1v) is 8.59. The van der Waals surface area contributed by atoms with Gasteiger partial charge in [0.05, 0.1) is 0 Å². The van der Waals surface area contributed by atoms with Crippen molar-refractivity contribution in [3.63, 3.8) is 0 Å². The number of benzene rings is 2. The molecule has 0 atom stereocenters. The largest absolute Gasteiger partial charge is 0.341 e. The van der Waals surface area contributed by atoms with Gasteiger partial charge in [-0.05, 0) is 54.8 Å². The molecule has 4 nitrogen and oxygen atoms in total. The van der Waals surface area contributed by atoms with Gasteiger partial charge in [-0.25, -0.2) is 4.39 Å². The molecule has 1 aliphatic heterocycles. The third kappa shape index (κ3) is 3.28. The lowest BCUT2D eigenvalue weighted by Gasteiger charge is -2.31. The second kappa shape index (κ2) is 6.96. The topological polar surface area (TPSA) is 45.2 Å². The summed E-state index contributed by atoms with van der Waals surface area (Å²) in [5.74, 6) is -0.753. The predicted molar refractivity (Wildman–Crippen MR) is 100 cm³/mol. The summed E-state index contributed by atoms with van der Waals surface area (Å²) in [6.45, 7) is 0.895. The molecular weight excluding hydrogens is 329 g/mol. The summed E-state index contributed by atoms with van der Waals surface area (Å²) in [6.07, 6.45) is 3.75. The fourth-order valence-electron chi connectivity index (χ4n) is 3.27. The average Bonchev–Trinajstić information content (AvgIpc) is 2.67. The number of anilines is 3. The van der Waals surface area contributed by atoms with E-state index in [2.05, 4.69) is 27.3 Å². The molecule has 2 heterocycles. The van der Waals surface area contributed by atoms with Crippen molar-refractivity contribution < 1.29 is 9.18 Å². The molecule has 0 radical (unpaired) electrons. The Labute approximate surface area is 151 Å². The number of hydrogen-bond acceptors (Lipinski definition) is 3. The number of carbonyl (C=O) groups is 1. The Bertz CT molecular complexity index is 957.